The third-order valence-corrected chi connectivity index (χ3v) is 7.38. The first kappa shape index (κ1) is 13.0. The van der Waals surface area contributed by atoms with Crippen LogP contribution in [0.4, 0.5) is 0 Å². The molecule has 0 radical (unpaired) electrons. The van der Waals surface area contributed by atoms with Crippen LogP contribution in [-0.2, 0) is 0 Å². The molecule has 0 aromatic carbocycles. The van der Waals surface area contributed by atoms with Crippen molar-refractivity contribution in [2.45, 2.75) is 73.3 Å². The number of aliphatic hydroxyl groups is 1. The van der Waals surface area contributed by atoms with Gasteiger partial charge < -0.3 is 5.11 Å². The van der Waals surface area contributed by atoms with Gasteiger partial charge in [-0.2, -0.15) is 0 Å². The molecule has 3 saturated carbocycles. The molecule has 0 aromatic rings. The second-order valence-corrected chi connectivity index (χ2v) is 9.47. The van der Waals surface area contributed by atoms with E-state index >= 15 is 0 Å². The Balaban J connectivity index is 2.12. The highest BCUT2D eigenvalue weighted by molar-refractivity contribution is 5.39. The number of rotatable bonds is 1. The van der Waals surface area contributed by atoms with Gasteiger partial charge in [-0.05, 0) is 66.6 Å². The van der Waals surface area contributed by atoms with Crippen molar-refractivity contribution in [1.29, 1.82) is 0 Å². The fourth-order valence-corrected chi connectivity index (χ4v) is 7.31. The molecule has 1 N–H and O–H groups in total. The Bertz CT molecular complexity index is 395. The SMILES string of the molecule is CC(C)(O)C1CC2CC13C(C)(C)C3(C(C)(C)C)C2. The van der Waals surface area contributed by atoms with E-state index in [1.165, 1.54) is 19.3 Å². The van der Waals surface area contributed by atoms with Crippen LogP contribution >= 0.6 is 0 Å². The molecule has 4 unspecified atom stereocenters. The first-order valence-corrected chi connectivity index (χ1v) is 7.64. The topological polar surface area (TPSA) is 20.2 Å². The van der Waals surface area contributed by atoms with Crippen LogP contribution in [0.15, 0.2) is 0 Å². The zero-order valence-electron chi connectivity index (χ0n) is 13.2. The van der Waals surface area contributed by atoms with E-state index < -0.39 is 5.60 Å². The number of hydrogen-bond donors (Lipinski definition) is 1. The van der Waals surface area contributed by atoms with Gasteiger partial charge in [0.15, 0.2) is 0 Å². The minimum Gasteiger partial charge on any atom is -0.390 e. The van der Waals surface area contributed by atoms with Crippen LogP contribution in [0.25, 0.3) is 0 Å². The summed E-state index contributed by atoms with van der Waals surface area (Å²) in [5.41, 5.74) is 1.10. The summed E-state index contributed by atoms with van der Waals surface area (Å²) in [7, 11) is 0. The fraction of sp³-hybridized carbons (Fsp3) is 1.00. The molecule has 1 nitrogen and oxygen atoms in total. The van der Waals surface area contributed by atoms with Crippen molar-refractivity contribution in [3.8, 4) is 0 Å². The van der Waals surface area contributed by atoms with Gasteiger partial charge in [0.2, 0.25) is 0 Å². The van der Waals surface area contributed by atoms with Crippen LogP contribution < -0.4 is 0 Å². The number of fused-ring (bicyclic) bond motifs is 1. The predicted molar refractivity (Wildman–Crippen MR) is 75.2 cm³/mol. The van der Waals surface area contributed by atoms with Gasteiger partial charge in [0.25, 0.3) is 0 Å². The highest BCUT2D eigenvalue weighted by atomic mass is 16.3. The Kier molecular flexibility index (Phi) is 2.05. The predicted octanol–water partition coefficient (Wildman–Crippen LogP) is 4.25. The lowest BCUT2D eigenvalue weighted by atomic mass is 9.64. The average molecular weight is 250 g/mol. The second-order valence-electron chi connectivity index (χ2n) is 9.47. The first-order chi connectivity index (χ1) is 7.92. The lowest BCUT2D eigenvalue weighted by Gasteiger charge is -2.42. The zero-order valence-corrected chi connectivity index (χ0v) is 13.2. The van der Waals surface area contributed by atoms with E-state index in [1.807, 2.05) is 13.8 Å². The summed E-state index contributed by atoms with van der Waals surface area (Å²) in [4.78, 5) is 0. The maximum absolute atomic E-state index is 10.6. The van der Waals surface area contributed by atoms with Crippen LogP contribution in [0, 0.1) is 33.5 Å². The third kappa shape index (κ3) is 0.994. The summed E-state index contributed by atoms with van der Waals surface area (Å²) in [6.45, 7) is 16.3. The maximum atomic E-state index is 10.6. The molecule has 0 saturated heterocycles. The van der Waals surface area contributed by atoms with E-state index in [0.717, 1.165) is 5.92 Å². The van der Waals surface area contributed by atoms with Crippen molar-refractivity contribution in [2.75, 3.05) is 0 Å². The molecule has 3 aliphatic rings. The minimum absolute atomic E-state index is 0.356. The van der Waals surface area contributed by atoms with Gasteiger partial charge in [-0.1, -0.05) is 34.6 Å². The lowest BCUT2D eigenvalue weighted by Crippen LogP contribution is -2.40. The maximum Gasteiger partial charge on any atom is 0.0625 e. The van der Waals surface area contributed by atoms with Crippen LogP contribution in [-0.4, -0.2) is 10.7 Å². The minimum atomic E-state index is -0.514. The van der Waals surface area contributed by atoms with Crippen LogP contribution in [0.2, 0.25) is 0 Å². The van der Waals surface area contributed by atoms with E-state index in [-0.39, 0.29) is 0 Å². The molecule has 0 amide bonds. The van der Waals surface area contributed by atoms with E-state index in [4.69, 9.17) is 0 Å². The standard InChI is InChI=1S/C17H30O/c1-13(2,3)17-10-11-8-12(14(4,5)18)16(17,9-11)15(17,6)7/h11-12,18H,8-10H2,1-7H3. The molecule has 0 heterocycles. The molecular weight excluding hydrogens is 220 g/mol. The molecule has 18 heavy (non-hydrogen) atoms. The van der Waals surface area contributed by atoms with Gasteiger partial charge in [-0.3, -0.25) is 0 Å². The summed E-state index contributed by atoms with van der Waals surface area (Å²) in [5.74, 6) is 1.37. The Morgan fingerprint density at radius 1 is 1.00 bits per heavy atom. The van der Waals surface area contributed by atoms with Crippen molar-refractivity contribution in [3.63, 3.8) is 0 Å². The van der Waals surface area contributed by atoms with Gasteiger partial charge >= 0.3 is 0 Å². The Hall–Kier alpha value is -0.0400. The molecule has 2 bridgehead atoms. The van der Waals surface area contributed by atoms with Crippen molar-refractivity contribution in [1.82, 2.24) is 0 Å². The quantitative estimate of drug-likeness (QED) is 0.738. The average Bonchev–Trinajstić information content (AvgIpc) is 2.55. The van der Waals surface area contributed by atoms with Crippen LogP contribution in [0.3, 0.4) is 0 Å². The second kappa shape index (κ2) is 2.85. The smallest absolute Gasteiger partial charge is 0.0625 e. The molecule has 4 atom stereocenters. The third-order valence-electron chi connectivity index (χ3n) is 7.38. The van der Waals surface area contributed by atoms with E-state index in [0.29, 0.717) is 27.6 Å². The Morgan fingerprint density at radius 3 is 2.00 bits per heavy atom. The molecule has 1 heteroatoms. The van der Waals surface area contributed by atoms with E-state index in [2.05, 4.69) is 34.6 Å². The summed E-state index contributed by atoms with van der Waals surface area (Å²) >= 11 is 0. The molecule has 3 rings (SSSR count). The van der Waals surface area contributed by atoms with Gasteiger partial charge in [0.1, 0.15) is 0 Å². The fourth-order valence-electron chi connectivity index (χ4n) is 7.31. The molecule has 104 valence electrons. The molecule has 1 spiro atoms. The largest absolute Gasteiger partial charge is 0.390 e. The first-order valence-electron chi connectivity index (χ1n) is 7.64. The van der Waals surface area contributed by atoms with Gasteiger partial charge in [-0.15, -0.1) is 0 Å². The van der Waals surface area contributed by atoms with Gasteiger partial charge in [0.05, 0.1) is 5.60 Å². The Labute approximate surface area is 112 Å². The summed E-state index contributed by atoms with van der Waals surface area (Å²) in [6, 6.07) is 0. The van der Waals surface area contributed by atoms with Crippen molar-refractivity contribution in [2.24, 2.45) is 33.5 Å². The lowest BCUT2D eigenvalue weighted by molar-refractivity contribution is -0.0370. The molecular formula is C17H30O. The van der Waals surface area contributed by atoms with Crippen LogP contribution in [0.1, 0.15) is 67.7 Å². The molecule has 0 aromatic heterocycles. The summed E-state index contributed by atoms with van der Waals surface area (Å²) < 4.78 is 0. The summed E-state index contributed by atoms with van der Waals surface area (Å²) in [6.07, 6.45) is 4.02. The Morgan fingerprint density at radius 2 is 1.56 bits per heavy atom. The molecule has 0 aliphatic heterocycles. The van der Waals surface area contributed by atoms with Crippen molar-refractivity contribution in [3.05, 3.63) is 0 Å². The van der Waals surface area contributed by atoms with E-state index in [9.17, 15) is 5.11 Å². The van der Waals surface area contributed by atoms with E-state index in [1.54, 1.807) is 0 Å². The van der Waals surface area contributed by atoms with Gasteiger partial charge in [0, 0.05) is 0 Å². The monoisotopic (exact) mass is 250 g/mol. The highest BCUT2D eigenvalue weighted by Gasteiger charge is 2.92. The van der Waals surface area contributed by atoms with Crippen LogP contribution in [0.5, 0.6) is 0 Å². The summed E-state index contributed by atoms with van der Waals surface area (Å²) in [5, 5.41) is 10.6. The van der Waals surface area contributed by atoms with Crippen molar-refractivity contribution >= 4 is 0 Å². The number of hydrogen-bond acceptors (Lipinski definition) is 1. The highest BCUT2D eigenvalue weighted by Crippen LogP contribution is 2.96. The van der Waals surface area contributed by atoms with Crippen molar-refractivity contribution < 1.29 is 5.11 Å². The molecule has 3 aliphatic carbocycles. The zero-order chi connectivity index (χ0) is 13.8. The molecule has 3 fully saturated rings. The van der Waals surface area contributed by atoms with Gasteiger partial charge in [-0.25, -0.2) is 0 Å². The normalized spacial score (nSPS) is 49.3.